The monoisotopic (exact) mass is 728 g/mol. The Morgan fingerprint density at radius 3 is 1.67 bits per heavy atom. The van der Waals surface area contributed by atoms with Crippen LogP contribution in [0.4, 0.5) is 17.1 Å². The van der Waals surface area contributed by atoms with E-state index in [0.29, 0.717) is 0 Å². The lowest BCUT2D eigenvalue weighted by Crippen LogP contribution is -2.09. The van der Waals surface area contributed by atoms with E-state index in [1.54, 1.807) is 0 Å². The summed E-state index contributed by atoms with van der Waals surface area (Å²) in [6.45, 7) is 0. The number of hydrogen-bond donors (Lipinski definition) is 0. The molecular formula is C54H36N2O. The molecule has 57 heavy (non-hydrogen) atoms. The third-order valence-corrected chi connectivity index (χ3v) is 11.2. The van der Waals surface area contributed by atoms with Crippen molar-refractivity contribution < 1.29 is 4.42 Å². The molecule has 0 radical (unpaired) electrons. The molecule has 11 rings (SSSR count). The fourth-order valence-electron chi connectivity index (χ4n) is 8.57. The van der Waals surface area contributed by atoms with Crippen LogP contribution in [0.25, 0.3) is 82.8 Å². The average Bonchev–Trinajstić information content (AvgIpc) is 3.83. The van der Waals surface area contributed by atoms with E-state index >= 15 is 0 Å². The molecular weight excluding hydrogens is 693 g/mol. The highest BCUT2D eigenvalue weighted by Gasteiger charge is 2.18. The van der Waals surface area contributed by atoms with Crippen LogP contribution in [0.2, 0.25) is 0 Å². The zero-order valence-corrected chi connectivity index (χ0v) is 31.1. The molecule has 0 aliphatic rings. The zero-order chi connectivity index (χ0) is 37.7. The minimum atomic E-state index is 0.907. The number of furan rings is 1. The van der Waals surface area contributed by atoms with Gasteiger partial charge in [-0.1, -0.05) is 152 Å². The molecule has 3 nitrogen and oxygen atoms in total. The Morgan fingerprint density at radius 2 is 0.877 bits per heavy atom. The van der Waals surface area contributed by atoms with E-state index < -0.39 is 0 Å². The first-order valence-electron chi connectivity index (χ1n) is 19.4. The van der Waals surface area contributed by atoms with Crippen LogP contribution < -0.4 is 4.90 Å². The third kappa shape index (κ3) is 5.60. The highest BCUT2D eigenvalue weighted by Crippen LogP contribution is 2.41. The molecule has 2 aromatic heterocycles. The van der Waals surface area contributed by atoms with Gasteiger partial charge in [-0.25, -0.2) is 0 Å². The fourth-order valence-corrected chi connectivity index (χ4v) is 8.57. The molecule has 3 heteroatoms. The Labute approximate surface area is 330 Å². The summed E-state index contributed by atoms with van der Waals surface area (Å²) in [5.41, 5.74) is 15.5. The van der Waals surface area contributed by atoms with Gasteiger partial charge in [0.1, 0.15) is 11.2 Å². The summed E-state index contributed by atoms with van der Waals surface area (Å²) < 4.78 is 8.80. The predicted octanol–water partition coefficient (Wildman–Crippen LogP) is 15.2. The van der Waals surface area contributed by atoms with Crippen molar-refractivity contribution in [2.24, 2.45) is 0 Å². The van der Waals surface area contributed by atoms with E-state index in [4.69, 9.17) is 4.42 Å². The second-order valence-corrected chi connectivity index (χ2v) is 14.5. The Morgan fingerprint density at radius 1 is 0.333 bits per heavy atom. The van der Waals surface area contributed by atoms with E-state index in [-0.39, 0.29) is 0 Å². The van der Waals surface area contributed by atoms with Crippen molar-refractivity contribution in [2.75, 3.05) is 4.90 Å². The molecule has 0 saturated carbocycles. The summed E-state index contributed by atoms with van der Waals surface area (Å²) in [4.78, 5) is 2.33. The molecule has 0 aliphatic heterocycles. The maximum atomic E-state index is 6.39. The molecule has 0 bridgehead atoms. The van der Waals surface area contributed by atoms with Gasteiger partial charge in [0.2, 0.25) is 0 Å². The van der Waals surface area contributed by atoms with Gasteiger partial charge in [-0.2, -0.15) is 0 Å². The number of benzene rings is 9. The van der Waals surface area contributed by atoms with Gasteiger partial charge in [0.05, 0.1) is 16.7 Å². The highest BCUT2D eigenvalue weighted by molar-refractivity contribution is 6.10. The van der Waals surface area contributed by atoms with Crippen molar-refractivity contribution >= 4 is 60.8 Å². The van der Waals surface area contributed by atoms with Crippen molar-refractivity contribution in [3.05, 3.63) is 218 Å². The van der Waals surface area contributed by atoms with E-state index in [2.05, 4.69) is 216 Å². The predicted molar refractivity (Wildman–Crippen MR) is 239 cm³/mol. The number of fused-ring (bicyclic) bond motifs is 6. The minimum Gasteiger partial charge on any atom is -0.455 e. The number of aromatic nitrogens is 1. The average molecular weight is 729 g/mol. The molecule has 0 aliphatic carbocycles. The van der Waals surface area contributed by atoms with Crippen molar-refractivity contribution in [1.29, 1.82) is 0 Å². The third-order valence-electron chi connectivity index (χ3n) is 11.2. The minimum absolute atomic E-state index is 0.907. The number of rotatable bonds is 7. The molecule has 0 atom stereocenters. The van der Waals surface area contributed by atoms with Crippen molar-refractivity contribution in [2.45, 2.75) is 0 Å². The van der Waals surface area contributed by atoms with E-state index in [1.165, 1.54) is 32.9 Å². The molecule has 0 unspecified atom stereocenters. The van der Waals surface area contributed by atoms with Crippen LogP contribution in [-0.4, -0.2) is 4.57 Å². The van der Waals surface area contributed by atoms with Gasteiger partial charge in [0, 0.05) is 49.7 Å². The van der Waals surface area contributed by atoms with Gasteiger partial charge >= 0.3 is 0 Å². The van der Waals surface area contributed by atoms with Gasteiger partial charge < -0.3 is 13.9 Å². The van der Waals surface area contributed by atoms with Gasteiger partial charge in [-0.05, 0) is 89.0 Å². The van der Waals surface area contributed by atoms with Gasteiger partial charge in [-0.3, -0.25) is 0 Å². The Hall–Kier alpha value is -7.62. The summed E-state index contributed by atoms with van der Waals surface area (Å²) in [6.07, 6.45) is 0. The SMILES string of the molecule is c1ccc(N(c2ccc(-c3cccc4c3oc3ccccc34)cc2)c2cccc(-c3cccc(-c4ccccc4-n4c5ccccc5c5ccccc54)c3)c2)cc1. The largest absolute Gasteiger partial charge is 0.455 e. The normalized spacial score (nSPS) is 11.5. The van der Waals surface area contributed by atoms with Crippen LogP contribution in [0.3, 0.4) is 0 Å². The Balaban J connectivity index is 0.982. The lowest BCUT2D eigenvalue weighted by Gasteiger charge is -2.26. The summed E-state index contributed by atoms with van der Waals surface area (Å²) in [5, 5.41) is 4.79. The number of nitrogens with zero attached hydrogens (tertiary/aromatic N) is 2. The maximum Gasteiger partial charge on any atom is 0.143 e. The summed E-state index contributed by atoms with van der Waals surface area (Å²) >= 11 is 0. The fraction of sp³-hybridized carbons (Fsp3) is 0. The first-order valence-corrected chi connectivity index (χ1v) is 19.4. The van der Waals surface area contributed by atoms with Crippen LogP contribution >= 0.6 is 0 Å². The van der Waals surface area contributed by atoms with E-state index in [0.717, 1.165) is 66.9 Å². The van der Waals surface area contributed by atoms with Gasteiger partial charge in [-0.15, -0.1) is 0 Å². The highest BCUT2D eigenvalue weighted by atomic mass is 16.3. The molecule has 0 spiro atoms. The summed E-state index contributed by atoms with van der Waals surface area (Å²) in [7, 11) is 0. The maximum absolute atomic E-state index is 6.39. The van der Waals surface area contributed by atoms with Crippen molar-refractivity contribution in [3.63, 3.8) is 0 Å². The van der Waals surface area contributed by atoms with Gasteiger partial charge in [0.25, 0.3) is 0 Å². The molecule has 0 saturated heterocycles. The zero-order valence-electron chi connectivity index (χ0n) is 31.1. The molecule has 11 aromatic rings. The standard InChI is InChI=1S/C54H36N2O/c1-2-18-41(19-3-1)55(42-33-31-37(32-34-42)45-25-14-26-49-48-24-7-11-30-53(48)57-54(45)49)43-20-13-16-39(36-43)38-15-12-17-40(35-38)44-21-4-8-27-50(44)56-51-28-9-5-22-46(51)47-23-6-10-29-52(47)56/h1-36H. The second kappa shape index (κ2) is 13.6. The van der Waals surface area contributed by atoms with E-state index in [1.807, 2.05) is 12.1 Å². The summed E-state index contributed by atoms with van der Waals surface area (Å²) in [6, 6.07) is 78.1. The Kier molecular flexibility index (Phi) is 7.82. The number of hydrogen-bond acceptors (Lipinski definition) is 2. The lowest BCUT2D eigenvalue weighted by molar-refractivity contribution is 0.670. The quantitative estimate of drug-likeness (QED) is 0.163. The van der Waals surface area contributed by atoms with E-state index in [9.17, 15) is 0 Å². The van der Waals surface area contributed by atoms with Crippen LogP contribution in [0, 0.1) is 0 Å². The number of para-hydroxylation sites is 6. The van der Waals surface area contributed by atoms with Crippen LogP contribution in [-0.2, 0) is 0 Å². The van der Waals surface area contributed by atoms with Crippen LogP contribution in [0.5, 0.6) is 0 Å². The Bertz CT molecular complexity index is 3190. The first-order chi connectivity index (χ1) is 28.3. The van der Waals surface area contributed by atoms with Crippen LogP contribution in [0.15, 0.2) is 223 Å². The molecule has 2 heterocycles. The van der Waals surface area contributed by atoms with Crippen molar-refractivity contribution in [3.8, 4) is 39.1 Å². The molecule has 0 fully saturated rings. The van der Waals surface area contributed by atoms with Crippen LogP contribution in [0.1, 0.15) is 0 Å². The molecule has 0 N–H and O–H groups in total. The number of anilines is 3. The topological polar surface area (TPSA) is 21.3 Å². The molecule has 0 amide bonds. The summed E-state index contributed by atoms with van der Waals surface area (Å²) in [5.74, 6) is 0. The molecule has 268 valence electrons. The second-order valence-electron chi connectivity index (χ2n) is 14.5. The lowest BCUT2D eigenvalue weighted by atomic mass is 9.97. The first kappa shape index (κ1) is 32.8. The van der Waals surface area contributed by atoms with Gasteiger partial charge in [0.15, 0.2) is 0 Å². The molecule has 9 aromatic carbocycles. The smallest absolute Gasteiger partial charge is 0.143 e. The van der Waals surface area contributed by atoms with Crippen molar-refractivity contribution in [1.82, 2.24) is 4.57 Å².